The maximum atomic E-state index is 13.4. The van der Waals surface area contributed by atoms with Gasteiger partial charge in [-0.3, -0.25) is 4.79 Å². The van der Waals surface area contributed by atoms with Crippen LogP contribution in [0.2, 0.25) is 0 Å². The summed E-state index contributed by atoms with van der Waals surface area (Å²) in [5, 5.41) is 0. The van der Waals surface area contributed by atoms with E-state index in [1.54, 1.807) is 30.3 Å². The number of aryl methyl sites for hydroxylation is 1. The summed E-state index contributed by atoms with van der Waals surface area (Å²) in [6.45, 7) is 2.39. The summed E-state index contributed by atoms with van der Waals surface area (Å²) in [4.78, 5) is 12.4. The molecule has 2 atom stereocenters. The van der Waals surface area contributed by atoms with Crippen molar-refractivity contribution in [3.8, 4) is 0 Å². The Balaban J connectivity index is 1.82. The van der Waals surface area contributed by atoms with Gasteiger partial charge in [0.15, 0.2) is 5.78 Å². The van der Waals surface area contributed by atoms with E-state index in [-0.39, 0.29) is 30.3 Å². The Morgan fingerprint density at radius 1 is 1.07 bits per heavy atom. The van der Waals surface area contributed by atoms with Gasteiger partial charge in [0, 0.05) is 13.0 Å². The van der Waals surface area contributed by atoms with E-state index >= 15 is 0 Å². The number of hydrogen-bond acceptors (Lipinski definition) is 4. The predicted molar refractivity (Wildman–Crippen MR) is 102 cm³/mol. The predicted octanol–water partition coefficient (Wildman–Crippen LogP) is 2.81. The van der Waals surface area contributed by atoms with E-state index in [2.05, 4.69) is 0 Å². The molecule has 1 saturated heterocycles. The third-order valence-electron chi connectivity index (χ3n) is 5.26. The van der Waals surface area contributed by atoms with Crippen molar-refractivity contribution in [2.45, 2.75) is 29.9 Å². The zero-order valence-corrected chi connectivity index (χ0v) is 15.9. The van der Waals surface area contributed by atoms with Crippen LogP contribution in [-0.4, -0.2) is 37.7 Å². The Hall–Kier alpha value is -2.28. The highest BCUT2D eigenvalue weighted by molar-refractivity contribution is 7.89. The van der Waals surface area contributed by atoms with Crippen LogP contribution in [0, 0.1) is 6.92 Å². The molecule has 5 nitrogen and oxygen atoms in total. The normalized spacial score (nSPS) is 26.0. The van der Waals surface area contributed by atoms with Crippen LogP contribution in [0.25, 0.3) is 0 Å². The largest absolute Gasteiger partial charge is 0.363 e. The van der Waals surface area contributed by atoms with Gasteiger partial charge < -0.3 is 4.74 Å². The number of benzene rings is 2. The molecule has 0 unspecified atom stereocenters. The number of ether oxygens (including phenoxy) is 1. The number of carbonyl (C=O) groups is 1. The highest BCUT2D eigenvalue weighted by atomic mass is 32.2. The van der Waals surface area contributed by atoms with Crippen LogP contribution in [0.5, 0.6) is 0 Å². The van der Waals surface area contributed by atoms with Crippen LogP contribution < -0.4 is 0 Å². The minimum absolute atomic E-state index is 0.0937. The number of nitrogens with zero attached hydrogens (tertiary/aromatic N) is 1. The van der Waals surface area contributed by atoms with Gasteiger partial charge >= 0.3 is 0 Å². The second kappa shape index (κ2) is 6.71. The lowest BCUT2D eigenvalue weighted by Gasteiger charge is -2.49. The highest BCUT2D eigenvalue weighted by Gasteiger charge is 2.51. The molecule has 2 aromatic rings. The molecule has 6 heteroatoms. The first-order chi connectivity index (χ1) is 12.9. The lowest BCUT2D eigenvalue weighted by molar-refractivity contribution is -0.130. The fourth-order valence-electron chi connectivity index (χ4n) is 3.86. The van der Waals surface area contributed by atoms with Gasteiger partial charge in [-0.1, -0.05) is 48.0 Å². The molecule has 1 aliphatic carbocycles. The smallest absolute Gasteiger partial charge is 0.243 e. The van der Waals surface area contributed by atoms with Crippen molar-refractivity contribution >= 4 is 15.8 Å². The standard InChI is InChI=1S/C21H21NO4S/c1-16-7-9-19(10-8-16)27(24,25)22-13-14-26-21(17-5-3-2-4-6-17)12-11-18(23)15-20(21)22/h2-12,20H,13-15H2,1H3/t20-,21-/m0/s1. The molecule has 0 saturated carbocycles. The number of allylic oxidation sites excluding steroid dienone is 1. The Kier molecular flexibility index (Phi) is 4.50. The second-order valence-corrected chi connectivity index (χ2v) is 8.85. The van der Waals surface area contributed by atoms with Gasteiger partial charge in [0.2, 0.25) is 10.0 Å². The van der Waals surface area contributed by atoms with Gasteiger partial charge in [0.25, 0.3) is 0 Å². The Morgan fingerprint density at radius 3 is 2.48 bits per heavy atom. The van der Waals surface area contributed by atoms with Gasteiger partial charge in [-0.05, 0) is 36.8 Å². The zero-order valence-electron chi connectivity index (χ0n) is 15.0. The molecular formula is C21H21NO4S. The number of morpholine rings is 1. The van der Waals surface area contributed by atoms with Crippen molar-refractivity contribution in [3.63, 3.8) is 0 Å². The van der Waals surface area contributed by atoms with Gasteiger partial charge in [-0.25, -0.2) is 8.42 Å². The Morgan fingerprint density at radius 2 is 1.78 bits per heavy atom. The second-order valence-electron chi connectivity index (χ2n) is 6.96. The minimum Gasteiger partial charge on any atom is -0.363 e. The van der Waals surface area contributed by atoms with E-state index in [0.29, 0.717) is 0 Å². The van der Waals surface area contributed by atoms with Crippen molar-refractivity contribution in [3.05, 3.63) is 77.9 Å². The van der Waals surface area contributed by atoms with Crippen molar-refractivity contribution in [1.29, 1.82) is 0 Å². The van der Waals surface area contributed by atoms with Crippen molar-refractivity contribution in [1.82, 2.24) is 4.31 Å². The van der Waals surface area contributed by atoms with Gasteiger partial charge in [-0.2, -0.15) is 4.31 Å². The molecule has 27 heavy (non-hydrogen) atoms. The van der Waals surface area contributed by atoms with Crippen LogP contribution in [0.3, 0.4) is 0 Å². The van der Waals surface area contributed by atoms with Crippen LogP contribution in [0.15, 0.2) is 71.6 Å². The number of fused-ring (bicyclic) bond motifs is 1. The van der Waals surface area contributed by atoms with Crippen molar-refractivity contribution in [2.75, 3.05) is 13.2 Å². The summed E-state index contributed by atoms with van der Waals surface area (Å²) >= 11 is 0. The molecule has 0 spiro atoms. The average molecular weight is 383 g/mol. The molecule has 1 aliphatic heterocycles. The van der Waals surface area contributed by atoms with E-state index in [4.69, 9.17) is 4.74 Å². The third kappa shape index (κ3) is 3.04. The lowest BCUT2D eigenvalue weighted by Crippen LogP contribution is -2.60. The summed E-state index contributed by atoms with van der Waals surface area (Å²) in [6, 6.07) is 15.7. The molecule has 0 aromatic heterocycles. The summed E-state index contributed by atoms with van der Waals surface area (Å²) in [5.41, 5.74) is 0.887. The van der Waals surface area contributed by atoms with E-state index < -0.39 is 21.7 Å². The van der Waals surface area contributed by atoms with E-state index in [0.717, 1.165) is 11.1 Å². The van der Waals surface area contributed by atoms with E-state index in [9.17, 15) is 13.2 Å². The molecular weight excluding hydrogens is 362 g/mol. The summed E-state index contributed by atoms with van der Waals surface area (Å²) < 4.78 is 34.3. The molecule has 0 N–H and O–H groups in total. The topological polar surface area (TPSA) is 63.7 Å². The molecule has 2 aliphatic rings. The van der Waals surface area contributed by atoms with Gasteiger partial charge in [0.05, 0.1) is 17.5 Å². The zero-order chi connectivity index (χ0) is 19.1. The van der Waals surface area contributed by atoms with Gasteiger partial charge in [0.1, 0.15) is 5.60 Å². The molecule has 4 rings (SSSR count). The fraction of sp³-hybridized carbons (Fsp3) is 0.286. The number of rotatable bonds is 3. The number of sulfonamides is 1. The van der Waals surface area contributed by atoms with E-state index in [1.807, 2.05) is 37.3 Å². The number of hydrogen-bond donors (Lipinski definition) is 0. The summed E-state index contributed by atoms with van der Waals surface area (Å²) in [6.07, 6.45) is 3.32. The summed E-state index contributed by atoms with van der Waals surface area (Å²) in [7, 11) is -3.75. The maximum Gasteiger partial charge on any atom is 0.243 e. The van der Waals surface area contributed by atoms with Crippen LogP contribution >= 0.6 is 0 Å². The molecule has 140 valence electrons. The monoisotopic (exact) mass is 383 g/mol. The average Bonchev–Trinajstić information content (AvgIpc) is 2.68. The van der Waals surface area contributed by atoms with Crippen molar-refractivity contribution < 1.29 is 17.9 Å². The molecule has 0 radical (unpaired) electrons. The van der Waals surface area contributed by atoms with Crippen LogP contribution in [-0.2, 0) is 25.2 Å². The number of ketones is 1. The molecule has 0 bridgehead atoms. The Bertz CT molecular complexity index is 983. The summed E-state index contributed by atoms with van der Waals surface area (Å²) in [5.74, 6) is -0.0961. The van der Waals surface area contributed by atoms with E-state index in [1.165, 1.54) is 10.4 Å². The first kappa shape index (κ1) is 18.1. The van der Waals surface area contributed by atoms with Crippen molar-refractivity contribution in [2.24, 2.45) is 0 Å². The first-order valence-electron chi connectivity index (χ1n) is 8.93. The highest BCUT2D eigenvalue weighted by Crippen LogP contribution is 2.42. The molecule has 1 fully saturated rings. The number of carbonyl (C=O) groups excluding carboxylic acids is 1. The molecule has 1 heterocycles. The third-order valence-corrected chi connectivity index (χ3v) is 7.18. The minimum atomic E-state index is -3.75. The molecule has 0 amide bonds. The first-order valence-corrected chi connectivity index (χ1v) is 10.4. The SMILES string of the molecule is Cc1ccc(S(=O)(=O)N2CCO[C@]3(c4ccccc4)C=CC(=O)C[C@H]23)cc1. The van der Waals surface area contributed by atoms with Gasteiger partial charge in [-0.15, -0.1) is 0 Å². The quantitative estimate of drug-likeness (QED) is 0.818. The lowest BCUT2D eigenvalue weighted by atomic mass is 9.78. The molecule has 2 aromatic carbocycles. The maximum absolute atomic E-state index is 13.4. The van der Waals surface area contributed by atoms with Crippen LogP contribution in [0.1, 0.15) is 17.5 Å². The Labute approximate surface area is 159 Å². The van der Waals surface area contributed by atoms with Crippen LogP contribution in [0.4, 0.5) is 0 Å². The fourth-order valence-corrected chi connectivity index (χ4v) is 5.49.